The van der Waals surface area contributed by atoms with Gasteiger partial charge in [0.15, 0.2) is 11.6 Å². The molecule has 1 aromatic rings. The zero-order valence-electron chi connectivity index (χ0n) is 11.2. The molecule has 0 aliphatic heterocycles. The van der Waals surface area contributed by atoms with Crippen molar-refractivity contribution >= 4 is 5.78 Å². The zero-order chi connectivity index (χ0) is 13.7. The molecule has 1 saturated carbocycles. The lowest BCUT2D eigenvalue weighted by Crippen LogP contribution is -2.10. The topological polar surface area (TPSA) is 17.1 Å². The molecule has 3 heteroatoms. The van der Waals surface area contributed by atoms with Crippen LogP contribution in [0.15, 0.2) is 18.2 Å². The van der Waals surface area contributed by atoms with Gasteiger partial charge in [0.2, 0.25) is 0 Å². The van der Waals surface area contributed by atoms with E-state index in [0.717, 1.165) is 12.1 Å². The molecule has 0 unspecified atom stereocenters. The number of Topliss-reactive ketones (excluding diaryl/α,β-unsaturated/α-hetero) is 1. The Balaban J connectivity index is 2.12. The van der Waals surface area contributed by atoms with Crippen molar-refractivity contribution in [1.82, 2.24) is 0 Å². The second kappa shape index (κ2) is 3.87. The van der Waals surface area contributed by atoms with Gasteiger partial charge in [0.1, 0.15) is 5.78 Å². The van der Waals surface area contributed by atoms with E-state index in [-0.39, 0.29) is 29.0 Å². The molecular formula is C15H18F2O. The van der Waals surface area contributed by atoms with E-state index in [4.69, 9.17) is 0 Å². The quantitative estimate of drug-likeness (QED) is 0.800. The molecule has 0 saturated heterocycles. The Morgan fingerprint density at radius 1 is 1.11 bits per heavy atom. The van der Waals surface area contributed by atoms with Crippen molar-refractivity contribution in [2.45, 2.75) is 34.1 Å². The molecule has 18 heavy (non-hydrogen) atoms. The largest absolute Gasteiger partial charge is 0.299 e. The number of carbonyl (C=O) groups is 1. The number of carbonyl (C=O) groups excluding carboxylic acids is 1. The number of benzene rings is 1. The van der Waals surface area contributed by atoms with Gasteiger partial charge in [-0.15, -0.1) is 0 Å². The fourth-order valence-corrected chi connectivity index (χ4v) is 2.95. The second-order valence-corrected chi connectivity index (χ2v) is 6.27. The van der Waals surface area contributed by atoms with Gasteiger partial charge in [0.25, 0.3) is 0 Å². The summed E-state index contributed by atoms with van der Waals surface area (Å²) in [6, 6.07) is 3.65. The van der Waals surface area contributed by atoms with Gasteiger partial charge in [-0.1, -0.05) is 33.8 Å². The molecule has 0 aromatic heterocycles. The average Bonchev–Trinajstić information content (AvgIpc) is 2.63. The summed E-state index contributed by atoms with van der Waals surface area (Å²) < 4.78 is 25.9. The highest BCUT2D eigenvalue weighted by Crippen LogP contribution is 2.68. The molecule has 0 radical (unpaired) electrons. The first-order valence-electron chi connectivity index (χ1n) is 6.14. The van der Waals surface area contributed by atoms with Crippen molar-refractivity contribution in [2.75, 3.05) is 0 Å². The number of halogens is 2. The van der Waals surface area contributed by atoms with Crippen molar-refractivity contribution in [1.29, 1.82) is 0 Å². The van der Waals surface area contributed by atoms with E-state index >= 15 is 0 Å². The normalized spacial score (nSPS) is 20.8. The number of hydrogen-bond acceptors (Lipinski definition) is 1. The van der Waals surface area contributed by atoms with Crippen LogP contribution >= 0.6 is 0 Å². The molecule has 0 amide bonds. The highest BCUT2D eigenvalue weighted by Gasteiger charge is 2.67. The third kappa shape index (κ3) is 1.86. The van der Waals surface area contributed by atoms with Crippen LogP contribution in [0.2, 0.25) is 0 Å². The van der Waals surface area contributed by atoms with Crippen LogP contribution in [-0.4, -0.2) is 5.78 Å². The van der Waals surface area contributed by atoms with E-state index in [1.165, 1.54) is 6.07 Å². The monoisotopic (exact) mass is 252 g/mol. The van der Waals surface area contributed by atoms with E-state index in [1.807, 2.05) is 0 Å². The summed E-state index contributed by atoms with van der Waals surface area (Å²) in [4.78, 5) is 12.2. The van der Waals surface area contributed by atoms with Crippen LogP contribution in [0.5, 0.6) is 0 Å². The first-order valence-corrected chi connectivity index (χ1v) is 6.14. The maximum atomic E-state index is 13.1. The molecule has 1 nitrogen and oxygen atoms in total. The van der Waals surface area contributed by atoms with Crippen molar-refractivity contribution in [3.8, 4) is 0 Å². The molecular weight excluding hydrogens is 234 g/mol. The summed E-state index contributed by atoms with van der Waals surface area (Å²) in [7, 11) is 0. The maximum absolute atomic E-state index is 13.1. The van der Waals surface area contributed by atoms with E-state index in [9.17, 15) is 13.6 Å². The molecule has 1 aliphatic rings. The Hall–Kier alpha value is -1.25. The summed E-state index contributed by atoms with van der Waals surface area (Å²) in [6.45, 7) is 8.28. The molecule has 0 N–H and O–H groups in total. The van der Waals surface area contributed by atoms with Gasteiger partial charge in [-0.05, 0) is 28.5 Å². The smallest absolute Gasteiger partial charge is 0.159 e. The molecule has 0 atom stereocenters. The molecule has 1 aliphatic carbocycles. The van der Waals surface area contributed by atoms with E-state index < -0.39 is 11.6 Å². The highest BCUT2D eigenvalue weighted by atomic mass is 19.2. The number of hydrogen-bond donors (Lipinski definition) is 0. The van der Waals surface area contributed by atoms with Gasteiger partial charge in [-0.2, -0.15) is 0 Å². The second-order valence-electron chi connectivity index (χ2n) is 6.27. The molecule has 1 fully saturated rings. The Kier molecular flexibility index (Phi) is 2.84. The van der Waals surface area contributed by atoms with Crippen molar-refractivity contribution in [3.63, 3.8) is 0 Å². The predicted octanol–water partition coefficient (Wildman–Crippen LogP) is 3.76. The fraction of sp³-hybridized carbons (Fsp3) is 0.533. The Bertz CT molecular complexity index is 489. The number of rotatable bonds is 3. The number of ketones is 1. The molecule has 0 heterocycles. The third-order valence-corrected chi connectivity index (χ3v) is 4.71. The lowest BCUT2D eigenvalue weighted by atomic mass is 10.0. The van der Waals surface area contributed by atoms with E-state index in [1.54, 1.807) is 0 Å². The van der Waals surface area contributed by atoms with Crippen molar-refractivity contribution in [2.24, 2.45) is 16.7 Å². The average molecular weight is 252 g/mol. The standard InChI is InChI=1S/C15H18F2O/c1-14(2)13(15(14,3)4)12(18)8-9-5-6-10(16)11(17)7-9/h5-7,13H,8H2,1-4H3. The van der Waals surface area contributed by atoms with Gasteiger partial charge in [-0.3, -0.25) is 4.79 Å². The minimum absolute atomic E-state index is 0.00175. The SMILES string of the molecule is CC1(C)C(C(=O)Cc2ccc(F)c(F)c2)C1(C)C. The van der Waals surface area contributed by atoms with Crippen LogP contribution in [0, 0.1) is 28.4 Å². The summed E-state index contributed by atoms with van der Waals surface area (Å²) >= 11 is 0. The first-order chi connectivity index (χ1) is 8.18. The van der Waals surface area contributed by atoms with Gasteiger partial charge >= 0.3 is 0 Å². The summed E-state index contributed by atoms with van der Waals surface area (Å²) in [5.74, 6) is -1.66. The Morgan fingerprint density at radius 2 is 1.67 bits per heavy atom. The van der Waals surface area contributed by atoms with E-state index in [2.05, 4.69) is 27.7 Å². The molecule has 0 spiro atoms. The van der Waals surface area contributed by atoms with Gasteiger partial charge in [0.05, 0.1) is 0 Å². The molecule has 0 bridgehead atoms. The summed E-state index contributed by atoms with van der Waals surface area (Å²) in [6.07, 6.45) is 0.175. The summed E-state index contributed by atoms with van der Waals surface area (Å²) in [5, 5.41) is 0. The molecule has 1 aromatic carbocycles. The fourth-order valence-electron chi connectivity index (χ4n) is 2.95. The van der Waals surface area contributed by atoms with E-state index in [0.29, 0.717) is 5.56 Å². The van der Waals surface area contributed by atoms with Crippen LogP contribution in [0.3, 0.4) is 0 Å². The van der Waals surface area contributed by atoms with Gasteiger partial charge in [-0.25, -0.2) is 8.78 Å². The minimum Gasteiger partial charge on any atom is -0.299 e. The van der Waals surface area contributed by atoms with Gasteiger partial charge in [0, 0.05) is 12.3 Å². The van der Waals surface area contributed by atoms with Crippen LogP contribution in [-0.2, 0) is 11.2 Å². The first kappa shape index (κ1) is 13.2. The van der Waals surface area contributed by atoms with Crippen molar-refractivity contribution in [3.05, 3.63) is 35.4 Å². The van der Waals surface area contributed by atoms with Gasteiger partial charge < -0.3 is 0 Å². The zero-order valence-corrected chi connectivity index (χ0v) is 11.2. The highest BCUT2D eigenvalue weighted by molar-refractivity contribution is 5.88. The maximum Gasteiger partial charge on any atom is 0.159 e. The molecule has 98 valence electrons. The minimum atomic E-state index is -0.894. The van der Waals surface area contributed by atoms with Crippen LogP contribution in [0.25, 0.3) is 0 Å². The lowest BCUT2D eigenvalue weighted by Gasteiger charge is -2.03. The molecule has 2 rings (SSSR count). The van der Waals surface area contributed by atoms with Crippen LogP contribution in [0.1, 0.15) is 33.3 Å². The summed E-state index contributed by atoms with van der Waals surface area (Å²) in [5.41, 5.74) is 0.517. The third-order valence-electron chi connectivity index (χ3n) is 4.71. The Labute approximate surface area is 106 Å². The predicted molar refractivity (Wildman–Crippen MR) is 66.1 cm³/mol. The van der Waals surface area contributed by atoms with Crippen LogP contribution in [0.4, 0.5) is 8.78 Å². The Morgan fingerprint density at radius 3 is 2.11 bits per heavy atom. The van der Waals surface area contributed by atoms with Crippen LogP contribution < -0.4 is 0 Å². The lowest BCUT2D eigenvalue weighted by molar-refractivity contribution is -0.120. The van der Waals surface area contributed by atoms with Crippen molar-refractivity contribution < 1.29 is 13.6 Å².